The van der Waals surface area contributed by atoms with Gasteiger partial charge in [0.15, 0.2) is 0 Å². The molecule has 0 aromatic heterocycles. The molecule has 0 bridgehead atoms. The summed E-state index contributed by atoms with van der Waals surface area (Å²) in [5.41, 5.74) is 2.20. The van der Waals surface area contributed by atoms with Crippen LogP contribution in [0.1, 0.15) is 17.2 Å². The summed E-state index contributed by atoms with van der Waals surface area (Å²) in [5, 5.41) is 5.93. The summed E-state index contributed by atoms with van der Waals surface area (Å²) in [6, 6.07) is 17.8. The topological polar surface area (TPSA) is 62.8 Å². The second kappa shape index (κ2) is 9.94. The number of rotatable bonds is 7. The number of nitrogens with one attached hydrogen (secondary N) is 2. The third-order valence-corrected chi connectivity index (χ3v) is 4.72. The van der Waals surface area contributed by atoms with Gasteiger partial charge >= 0.3 is 6.03 Å². The molecule has 27 heavy (non-hydrogen) atoms. The van der Waals surface area contributed by atoms with Crippen molar-refractivity contribution >= 4 is 6.03 Å². The Labute approximate surface area is 160 Å². The van der Waals surface area contributed by atoms with Crippen LogP contribution >= 0.6 is 0 Å². The highest BCUT2D eigenvalue weighted by Crippen LogP contribution is 2.24. The predicted molar refractivity (Wildman–Crippen MR) is 105 cm³/mol. The zero-order valence-corrected chi connectivity index (χ0v) is 15.7. The zero-order chi connectivity index (χ0) is 18.9. The number of benzene rings is 2. The first kappa shape index (κ1) is 19.2. The summed E-state index contributed by atoms with van der Waals surface area (Å²) in [4.78, 5) is 14.6. The van der Waals surface area contributed by atoms with E-state index >= 15 is 0 Å². The molecule has 1 atom stereocenters. The second-order valence-electron chi connectivity index (χ2n) is 6.49. The molecule has 1 saturated heterocycles. The highest BCUT2D eigenvalue weighted by atomic mass is 16.5. The Morgan fingerprint density at radius 1 is 1.11 bits per heavy atom. The van der Waals surface area contributed by atoms with Crippen molar-refractivity contribution in [2.24, 2.45) is 0 Å². The van der Waals surface area contributed by atoms with Crippen molar-refractivity contribution in [3.05, 3.63) is 65.7 Å². The molecule has 6 heteroatoms. The molecule has 6 nitrogen and oxygen atoms in total. The molecule has 2 amide bonds. The van der Waals surface area contributed by atoms with Crippen molar-refractivity contribution in [2.75, 3.05) is 40.0 Å². The smallest absolute Gasteiger partial charge is 0.315 e. The average molecular weight is 369 g/mol. The lowest BCUT2D eigenvalue weighted by Crippen LogP contribution is -2.45. The molecule has 2 aromatic carbocycles. The maximum absolute atomic E-state index is 12.3. The highest BCUT2D eigenvalue weighted by molar-refractivity contribution is 5.73. The monoisotopic (exact) mass is 369 g/mol. The minimum atomic E-state index is -0.167. The van der Waals surface area contributed by atoms with E-state index in [1.165, 1.54) is 0 Å². The molecule has 2 aromatic rings. The van der Waals surface area contributed by atoms with Crippen molar-refractivity contribution in [1.29, 1.82) is 0 Å². The van der Waals surface area contributed by atoms with Gasteiger partial charge in [-0.2, -0.15) is 0 Å². The summed E-state index contributed by atoms with van der Waals surface area (Å²) in [5.74, 6) is 0.819. The SMILES string of the molecule is COc1cccc(C(CNC(=O)NCc2ccccc2)N2CCOCC2)c1. The quantitative estimate of drug-likeness (QED) is 0.787. The molecule has 0 saturated carbocycles. The first-order valence-corrected chi connectivity index (χ1v) is 9.27. The van der Waals surface area contributed by atoms with Crippen molar-refractivity contribution in [3.8, 4) is 5.75 Å². The standard InChI is InChI=1S/C21H27N3O3/c1-26-19-9-5-8-18(14-19)20(24-10-12-27-13-11-24)16-23-21(25)22-15-17-6-3-2-4-7-17/h2-9,14,20H,10-13,15-16H2,1H3,(H2,22,23,25). The Kier molecular flexibility index (Phi) is 7.07. The number of hydrogen-bond acceptors (Lipinski definition) is 4. The maximum atomic E-state index is 12.3. The molecule has 0 radical (unpaired) electrons. The second-order valence-corrected chi connectivity index (χ2v) is 6.49. The van der Waals surface area contributed by atoms with Gasteiger partial charge in [-0.05, 0) is 23.3 Å². The van der Waals surface area contributed by atoms with Crippen molar-refractivity contribution < 1.29 is 14.3 Å². The molecule has 1 unspecified atom stereocenters. The summed E-state index contributed by atoms with van der Waals surface area (Å²) >= 11 is 0. The fourth-order valence-electron chi connectivity index (χ4n) is 3.23. The van der Waals surface area contributed by atoms with Crippen LogP contribution in [0.2, 0.25) is 0 Å². The predicted octanol–water partition coefficient (Wildman–Crippen LogP) is 2.57. The van der Waals surface area contributed by atoms with Crippen molar-refractivity contribution in [3.63, 3.8) is 0 Å². The van der Waals surface area contributed by atoms with Gasteiger partial charge in [0, 0.05) is 26.2 Å². The van der Waals surface area contributed by atoms with Gasteiger partial charge < -0.3 is 20.1 Å². The molecule has 144 valence electrons. The number of nitrogens with zero attached hydrogens (tertiary/aromatic N) is 1. The molecular formula is C21H27N3O3. The minimum Gasteiger partial charge on any atom is -0.497 e. The molecule has 0 aliphatic carbocycles. The van der Waals surface area contributed by atoms with Crippen LogP contribution in [0.5, 0.6) is 5.75 Å². The van der Waals surface area contributed by atoms with E-state index in [9.17, 15) is 4.79 Å². The lowest BCUT2D eigenvalue weighted by Gasteiger charge is -2.35. The molecular weight excluding hydrogens is 342 g/mol. The van der Waals surface area contributed by atoms with Gasteiger partial charge in [0.1, 0.15) is 5.75 Å². The van der Waals surface area contributed by atoms with Gasteiger partial charge in [-0.25, -0.2) is 4.79 Å². The summed E-state index contributed by atoms with van der Waals surface area (Å²) < 4.78 is 10.8. The van der Waals surface area contributed by atoms with E-state index in [1.54, 1.807) is 7.11 Å². The molecule has 0 spiro atoms. The van der Waals surface area contributed by atoms with E-state index in [0.717, 1.165) is 30.0 Å². The minimum absolute atomic E-state index is 0.0754. The third-order valence-electron chi connectivity index (χ3n) is 4.72. The van der Waals surface area contributed by atoms with Gasteiger partial charge in [-0.3, -0.25) is 4.90 Å². The number of carbonyl (C=O) groups is 1. The molecule has 3 rings (SSSR count). The van der Waals surface area contributed by atoms with Gasteiger partial charge in [-0.15, -0.1) is 0 Å². The number of morpholine rings is 1. The van der Waals surface area contributed by atoms with Gasteiger partial charge in [0.25, 0.3) is 0 Å². The fourth-order valence-corrected chi connectivity index (χ4v) is 3.23. The number of methoxy groups -OCH3 is 1. The van der Waals surface area contributed by atoms with E-state index in [0.29, 0.717) is 26.3 Å². The highest BCUT2D eigenvalue weighted by Gasteiger charge is 2.23. The Morgan fingerprint density at radius 2 is 1.89 bits per heavy atom. The molecule has 1 heterocycles. The van der Waals surface area contributed by atoms with Crippen LogP contribution in [-0.4, -0.2) is 50.9 Å². The molecule has 2 N–H and O–H groups in total. The Bertz CT molecular complexity index is 718. The van der Waals surface area contributed by atoms with Gasteiger partial charge in [0.05, 0.1) is 26.4 Å². The zero-order valence-electron chi connectivity index (χ0n) is 15.7. The van der Waals surface area contributed by atoms with Crippen molar-refractivity contribution in [2.45, 2.75) is 12.6 Å². The average Bonchev–Trinajstić information content (AvgIpc) is 2.74. The maximum Gasteiger partial charge on any atom is 0.315 e. The molecule has 1 aliphatic heterocycles. The summed E-state index contributed by atoms with van der Waals surface area (Å²) in [6.07, 6.45) is 0. The Balaban J connectivity index is 1.61. The van der Waals surface area contributed by atoms with Crippen molar-refractivity contribution in [1.82, 2.24) is 15.5 Å². The lowest BCUT2D eigenvalue weighted by molar-refractivity contribution is 0.0166. The molecule has 1 fully saturated rings. The number of ether oxygens (including phenoxy) is 2. The Hall–Kier alpha value is -2.57. The van der Waals surface area contributed by atoms with E-state index in [1.807, 2.05) is 48.5 Å². The van der Waals surface area contributed by atoms with E-state index in [-0.39, 0.29) is 12.1 Å². The first-order chi connectivity index (χ1) is 13.3. The summed E-state index contributed by atoms with van der Waals surface area (Å²) in [6.45, 7) is 4.13. The fraction of sp³-hybridized carbons (Fsp3) is 0.381. The lowest BCUT2D eigenvalue weighted by atomic mass is 10.0. The van der Waals surface area contributed by atoms with Crippen LogP contribution < -0.4 is 15.4 Å². The van der Waals surface area contributed by atoms with E-state index in [2.05, 4.69) is 21.6 Å². The van der Waals surface area contributed by atoms with Crippen LogP contribution in [-0.2, 0) is 11.3 Å². The normalized spacial score (nSPS) is 15.7. The number of urea groups is 1. The number of carbonyl (C=O) groups excluding carboxylic acids is 1. The summed E-state index contributed by atoms with van der Waals surface area (Å²) in [7, 11) is 1.66. The van der Waals surface area contributed by atoms with Crippen LogP contribution in [0.15, 0.2) is 54.6 Å². The van der Waals surface area contributed by atoms with Crippen LogP contribution in [0, 0.1) is 0 Å². The van der Waals surface area contributed by atoms with Crippen LogP contribution in [0.3, 0.4) is 0 Å². The van der Waals surface area contributed by atoms with Gasteiger partial charge in [-0.1, -0.05) is 42.5 Å². The third kappa shape index (κ3) is 5.70. The van der Waals surface area contributed by atoms with Crippen LogP contribution in [0.4, 0.5) is 4.79 Å². The first-order valence-electron chi connectivity index (χ1n) is 9.27. The van der Waals surface area contributed by atoms with Gasteiger partial charge in [0.2, 0.25) is 0 Å². The van der Waals surface area contributed by atoms with E-state index in [4.69, 9.17) is 9.47 Å². The van der Waals surface area contributed by atoms with Crippen LogP contribution in [0.25, 0.3) is 0 Å². The Morgan fingerprint density at radius 3 is 2.63 bits per heavy atom. The number of amides is 2. The largest absolute Gasteiger partial charge is 0.497 e. The number of hydrogen-bond donors (Lipinski definition) is 2. The van der Waals surface area contributed by atoms with E-state index < -0.39 is 0 Å². The molecule has 1 aliphatic rings.